The first kappa shape index (κ1) is 11.7. The number of hydrogen-bond donors (Lipinski definition) is 0. The summed E-state index contributed by atoms with van der Waals surface area (Å²) in [7, 11) is 0. The maximum Gasteiger partial charge on any atom is 0.306 e. The van der Waals surface area contributed by atoms with Gasteiger partial charge in [0.05, 0.1) is 0 Å². The number of carbonyl (C=O) groups excluding carboxylic acids is 1. The van der Waals surface area contributed by atoms with Gasteiger partial charge in [-0.3, -0.25) is 4.79 Å². The van der Waals surface area contributed by atoms with E-state index in [1.165, 1.54) is 0 Å². The molecule has 84 valence electrons. The second kappa shape index (κ2) is 6.16. The highest BCUT2D eigenvalue weighted by Crippen LogP contribution is 2.03. The van der Waals surface area contributed by atoms with Crippen molar-refractivity contribution in [1.82, 2.24) is 10.1 Å². The Balaban J connectivity index is 2.16. The maximum absolute atomic E-state index is 11.2. The van der Waals surface area contributed by atoms with Crippen LogP contribution in [0, 0.1) is 6.92 Å². The zero-order chi connectivity index (χ0) is 11.1. The average molecular weight is 212 g/mol. The van der Waals surface area contributed by atoms with E-state index < -0.39 is 0 Å². The van der Waals surface area contributed by atoms with Crippen molar-refractivity contribution in [3.63, 3.8) is 0 Å². The van der Waals surface area contributed by atoms with E-state index in [0.29, 0.717) is 18.1 Å². The van der Waals surface area contributed by atoms with Crippen LogP contribution < -0.4 is 0 Å². The van der Waals surface area contributed by atoms with E-state index >= 15 is 0 Å². The summed E-state index contributed by atoms with van der Waals surface area (Å²) in [6, 6.07) is 0. The average Bonchev–Trinajstić information content (AvgIpc) is 2.62. The summed E-state index contributed by atoms with van der Waals surface area (Å²) in [4.78, 5) is 15.1. The van der Waals surface area contributed by atoms with E-state index in [-0.39, 0.29) is 12.6 Å². The molecule has 0 amide bonds. The number of aromatic nitrogens is 2. The molecule has 0 unspecified atom stereocenters. The third-order valence-corrected chi connectivity index (χ3v) is 1.91. The fraction of sp³-hybridized carbons (Fsp3) is 0.700. The van der Waals surface area contributed by atoms with Gasteiger partial charge in [0, 0.05) is 6.42 Å². The lowest BCUT2D eigenvalue weighted by Crippen LogP contribution is -2.04. The largest absolute Gasteiger partial charge is 0.456 e. The number of nitrogens with zero attached hydrogens (tertiary/aromatic N) is 2. The molecule has 0 aliphatic heterocycles. The molecule has 1 rings (SSSR count). The van der Waals surface area contributed by atoms with Gasteiger partial charge in [-0.05, 0) is 13.3 Å². The van der Waals surface area contributed by atoms with Crippen LogP contribution in [-0.4, -0.2) is 16.1 Å². The normalized spacial score (nSPS) is 10.3. The number of unbranched alkanes of at least 4 members (excludes halogenated alkanes) is 2. The predicted molar refractivity (Wildman–Crippen MR) is 53.0 cm³/mol. The van der Waals surface area contributed by atoms with Crippen LogP contribution >= 0.6 is 0 Å². The van der Waals surface area contributed by atoms with Crippen LogP contribution in [0.1, 0.15) is 44.3 Å². The molecule has 0 radical (unpaired) electrons. The third-order valence-electron chi connectivity index (χ3n) is 1.91. The van der Waals surface area contributed by atoms with Crippen molar-refractivity contribution in [3.05, 3.63) is 11.7 Å². The van der Waals surface area contributed by atoms with Crippen LogP contribution in [0.3, 0.4) is 0 Å². The van der Waals surface area contributed by atoms with E-state index in [1.54, 1.807) is 6.92 Å². The molecule has 0 saturated heterocycles. The van der Waals surface area contributed by atoms with E-state index in [9.17, 15) is 4.79 Å². The highest BCUT2D eigenvalue weighted by Gasteiger charge is 2.07. The van der Waals surface area contributed by atoms with E-state index in [2.05, 4.69) is 17.1 Å². The number of rotatable bonds is 6. The van der Waals surface area contributed by atoms with Gasteiger partial charge >= 0.3 is 5.97 Å². The first-order chi connectivity index (χ1) is 7.22. The Morgan fingerprint density at radius 2 is 2.27 bits per heavy atom. The van der Waals surface area contributed by atoms with Crippen molar-refractivity contribution in [2.24, 2.45) is 0 Å². The Morgan fingerprint density at radius 3 is 2.87 bits per heavy atom. The number of ether oxygens (including phenoxy) is 1. The highest BCUT2D eigenvalue weighted by molar-refractivity contribution is 5.69. The fourth-order valence-corrected chi connectivity index (χ4v) is 1.13. The van der Waals surface area contributed by atoms with Crippen molar-refractivity contribution in [2.75, 3.05) is 0 Å². The lowest BCUT2D eigenvalue weighted by atomic mass is 10.2. The van der Waals surface area contributed by atoms with Crippen LogP contribution in [0.4, 0.5) is 0 Å². The third kappa shape index (κ3) is 4.58. The molecule has 0 aliphatic rings. The monoisotopic (exact) mass is 212 g/mol. The van der Waals surface area contributed by atoms with Crippen molar-refractivity contribution in [2.45, 2.75) is 46.1 Å². The highest BCUT2D eigenvalue weighted by atomic mass is 16.6. The molecular weight excluding hydrogens is 196 g/mol. The van der Waals surface area contributed by atoms with Crippen molar-refractivity contribution >= 4 is 5.97 Å². The quantitative estimate of drug-likeness (QED) is 0.533. The molecule has 1 aromatic heterocycles. The van der Waals surface area contributed by atoms with Gasteiger partial charge in [0.1, 0.15) is 0 Å². The van der Waals surface area contributed by atoms with Crippen LogP contribution in [0.25, 0.3) is 0 Å². The van der Waals surface area contributed by atoms with Crippen molar-refractivity contribution in [3.8, 4) is 0 Å². The van der Waals surface area contributed by atoms with Crippen molar-refractivity contribution in [1.29, 1.82) is 0 Å². The fourth-order valence-electron chi connectivity index (χ4n) is 1.13. The van der Waals surface area contributed by atoms with Gasteiger partial charge < -0.3 is 9.26 Å². The van der Waals surface area contributed by atoms with Gasteiger partial charge in [0.25, 0.3) is 5.89 Å². The molecule has 15 heavy (non-hydrogen) atoms. The second-order valence-electron chi connectivity index (χ2n) is 3.35. The standard InChI is InChI=1S/C10H16N2O3/c1-3-4-5-6-10(13)14-7-9-11-8(2)12-15-9/h3-7H2,1-2H3. The van der Waals surface area contributed by atoms with Crippen LogP contribution in [-0.2, 0) is 16.1 Å². The summed E-state index contributed by atoms with van der Waals surface area (Å²) in [5.41, 5.74) is 0. The van der Waals surface area contributed by atoms with Crippen molar-refractivity contribution < 1.29 is 14.1 Å². The maximum atomic E-state index is 11.2. The smallest absolute Gasteiger partial charge is 0.306 e. The van der Waals surface area contributed by atoms with E-state index in [1.807, 2.05) is 0 Å². The number of carbonyl (C=O) groups is 1. The molecule has 5 nitrogen and oxygen atoms in total. The molecule has 5 heteroatoms. The lowest BCUT2D eigenvalue weighted by Gasteiger charge is -2.00. The first-order valence-corrected chi connectivity index (χ1v) is 5.17. The summed E-state index contributed by atoms with van der Waals surface area (Å²) in [6.45, 7) is 3.88. The Morgan fingerprint density at radius 1 is 1.47 bits per heavy atom. The summed E-state index contributed by atoms with van der Waals surface area (Å²) < 4.78 is 9.75. The minimum absolute atomic E-state index is 0.0752. The van der Waals surface area contributed by atoms with Gasteiger partial charge in [-0.1, -0.05) is 24.9 Å². The molecule has 1 aromatic rings. The van der Waals surface area contributed by atoms with Gasteiger partial charge in [0.2, 0.25) is 0 Å². The molecule has 0 bridgehead atoms. The Labute approximate surface area is 88.8 Å². The topological polar surface area (TPSA) is 65.2 Å². The predicted octanol–water partition coefficient (Wildman–Crippen LogP) is 2.00. The summed E-state index contributed by atoms with van der Waals surface area (Å²) in [5.74, 6) is 0.683. The van der Waals surface area contributed by atoms with Gasteiger partial charge in [-0.15, -0.1) is 0 Å². The Bertz CT molecular complexity index is 309. The van der Waals surface area contributed by atoms with Crippen LogP contribution in [0.5, 0.6) is 0 Å². The number of hydrogen-bond acceptors (Lipinski definition) is 5. The Hall–Kier alpha value is -1.39. The molecule has 0 aliphatic carbocycles. The molecule has 0 aromatic carbocycles. The molecule has 0 saturated carbocycles. The summed E-state index contributed by atoms with van der Waals surface area (Å²) in [6.07, 6.45) is 3.48. The summed E-state index contributed by atoms with van der Waals surface area (Å²) >= 11 is 0. The molecular formula is C10H16N2O3. The molecule has 0 atom stereocenters. The van der Waals surface area contributed by atoms with E-state index in [4.69, 9.17) is 9.26 Å². The SMILES string of the molecule is CCCCCC(=O)OCc1nc(C)no1. The molecule has 0 N–H and O–H groups in total. The first-order valence-electron chi connectivity index (χ1n) is 5.17. The van der Waals surface area contributed by atoms with E-state index in [0.717, 1.165) is 19.3 Å². The minimum atomic E-state index is -0.209. The van der Waals surface area contributed by atoms with Gasteiger partial charge in [-0.25, -0.2) is 0 Å². The number of aryl methyl sites for hydroxylation is 1. The second-order valence-corrected chi connectivity index (χ2v) is 3.35. The van der Waals surface area contributed by atoms with Gasteiger partial charge in [-0.2, -0.15) is 4.98 Å². The molecule has 0 fully saturated rings. The zero-order valence-corrected chi connectivity index (χ0v) is 9.15. The van der Waals surface area contributed by atoms with Gasteiger partial charge in [0.15, 0.2) is 12.4 Å². The van der Waals surface area contributed by atoms with Crippen LogP contribution in [0.15, 0.2) is 4.52 Å². The minimum Gasteiger partial charge on any atom is -0.456 e. The Kier molecular flexibility index (Phi) is 4.80. The summed E-state index contributed by atoms with van der Waals surface area (Å²) in [5, 5.41) is 3.59. The molecule has 0 spiro atoms. The zero-order valence-electron chi connectivity index (χ0n) is 9.15. The molecule has 1 heterocycles. The lowest BCUT2D eigenvalue weighted by molar-refractivity contribution is -0.145. The van der Waals surface area contributed by atoms with Crippen LogP contribution in [0.2, 0.25) is 0 Å². The number of esters is 1.